The summed E-state index contributed by atoms with van der Waals surface area (Å²) >= 11 is 0. The molecule has 8 aliphatic carbocycles. The minimum atomic E-state index is 0.0159. The maximum absolute atomic E-state index is 13.9. The Kier molecular flexibility index (Phi) is 4.75. The van der Waals surface area contributed by atoms with Crippen LogP contribution in [-0.4, -0.2) is 18.0 Å². The van der Waals surface area contributed by atoms with Crippen LogP contribution in [0.1, 0.15) is 76.2 Å². The van der Waals surface area contributed by atoms with E-state index in [1.807, 2.05) is 0 Å². The molecular weight excluding hydrogens is 392 g/mol. The normalized spacial score (nSPS) is 46.4. The molecule has 0 radical (unpaired) electrons. The van der Waals surface area contributed by atoms with E-state index in [1.165, 1.54) is 76.2 Å². The highest BCUT2D eigenvalue weighted by atomic mass is 16.2. The molecule has 0 spiro atoms. The van der Waals surface area contributed by atoms with Crippen LogP contribution in [0.2, 0.25) is 0 Å². The third-order valence-electron chi connectivity index (χ3n) is 10.9. The second kappa shape index (κ2) is 7.58. The topological polar surface area (TPSA) is 41.1 Å². The Hall–Kier alpha value is -1.35. The lowest BCUT2D eigenvalue weighted by molar-refractivity contribution is -0.138. The van der Waals surface area contributed by atoms with E-state index >= 15 is 0 Å². The van der Waals surface area contributed by atoms with Crippen molar-refractivity contribution in [1.29, 1.82) is 0 Å². The van der Waals surface area contributed by atoms with Crippen LogP contribution in [0.4, 0.5) is 0 Å². The Morgan fingerprint density at radius 1 is 0.781 bits per heavy atom. The van der Waals surface area contributed by atoms with E-state index in [-0.39, 0.29) is 11.5 Å². The molecule has 172 valence electrons. The first kappa shape index (κ1) is 20.1. The summed E-state index contributed by atoms with van der Waals surface area (Å²) in [7, 11) is 0. The molecule has 1 atom stereocenters. The van der Waals surface area contributed by atoms with Gasteiger partial charge in [0.15, 0.2) is 0 Å². The van der Waals surface area contributed by atoms with Crippen LogP contribution in [0, 0.1) is 46.8 Å². The fourth-order valence-electron chi connectivity index (χ4n) is 10.3. The van der Waals surface area contributed by atoms with Crippen LogP contribution in [-0.2, 0) is 11.3 Å². The van der Waals surface area contributed by atoms with Gasteiger partial charge in [0, 0.05) is 12.6 Å². The van der Waals surface area contributed by atoms with Gasteiger partial charge in [0.05, 0.1) is 6.04 Å². The lowest BCUT2D eigenvalue weighted by atomic mass is 9.47. The number of rotatable bonds is 6. The Morgan fingerprint density at radius 3 is 1.88 bits per heavy atom. The molecule has 8 bridgehead atoms. The van der Waals surface area contributed by atoms with Crippen molar-refractivity contribution < 1.29 is 4.79 Å². The van der Waals surface area contributed by atoms with Crippen LogP contribution in [0.5, 0.6) is 0 Å². The largest absolute Gasteiger partial charge is 0.351 e. The van der Waals surface area contributed by atoms with Crippen molar-refractivity contribution in [2.75, 3.05) is 0 Å². The van der Waals surface area contributed by atoms with E-state index < -0.39 is 0 Å². The van der Waals surface area contributed by atoms with Crippen molar-refractivity contribution >= 4 is 5.91 Å². The Balaban J connectivity index is 1.15. The molecule has 1 aromatic rings. The van der Waals surface area contributed by atoms with Crippen molar-refractivity contribution in [1.82, 2.24) is 10.6 Å². The van der Waals surface area contributed by atoms with Gasteiger partial charge in [-0.25, -0.2) is 0 Å². The summed E-state index contributed by atoms with van der Waals surface area (Å²) in [6, 6.07) is 11.1. The monoisotopic (exact) mass is 432 g/mol. The van der Waals surface area contributed by atoms with Gasteiger partial charge < -0.3 is 10.6 Å². The standard InChI is InChI=1S/C29H40N2O/c32-28(30-17-18-4-2-1-3-5-18)27(29-14-21-7-22(15-29)9-23(8-21)16-29)31-26-24-10-19-6-20(12-24)13-25(26)11-19/h1-5,19-27,31H,6-17H2,(H,30,32). The summed E-state index contributed by atoms with van der Waals surface area (Å²) in [6.45, 7) is 0.659. The molecule has 8 fully saturated rings. The van der Waals surface area contributed by atoms with Crippen molar-refractivity contribution in [3.63, 3.8) is 0 Å². The molecule has 0 heterocycles. The summed E-state index contributed by atoms with van der Waals surface area (Å²) in [5.41, 5.74) is 1.42. The highest BCUT2D eigenvalue weighted by molar-refractivity contribution is 5.83. The summed E-state index contributed by atoms with van der Waals surface area (Å²) in [4.78, 5) is 13.9. The van der Waals surface area contributed by atoms with E-state index in [0.717, 1.165) is 41.4 Å². The molecule has 0 aromatic heterocycles. The van der Waals surface area contributed by atoms with E-state index in [0.29, 0.717) is 18.5 Å². The third kappa shape index (κ3) is 3.37. The molecular formula is C29H40N2O. The van der Waals surface area contributed by atoms with Gasteiger partial charge in [0.1, 0.15) is 0 Å². The minimum absolute atomic E-state index is 0.0159. The molecule has 32 heavy (non-hydrogen) atoms. The van der Waals surface area contributed by atoms with Crippen LogP contribution < -0.4 is 10.6 Å². The first-order chi connectivity index (χ1) is 15.6. The fourth-order valence-corrected chi connectivity index (χ4v) is 10.3. The quantitative estimate of drug-likeness (QED) is 0.640. The van der Waals surface area contributed by atoms with Crippen LogP contribution >= 0.6 is 0 Å². The molecule has 0 aliphatic heterocycles. The Bertz CT molecular complexity index is 800. The first-order valence-corrected chi connectivity index (χ1v) is 13.7. The molecule has 2 N–H and O–H groups in total. The zero-order valence-electron chi connectivity index (χ0n) is 19.5. The average molecular weight is 433 g/mol. The fraction of sp³-hybridized carbons (Fsp3) is 0.759. The second-order valence-corrected chi connectivity index (χ2v) is 13.0. The zero-order chi connectivity index (χ0) is 21.3. The highest BCUT2D eigenvalue weighted by Gasteiger charge is 2.57. The maximum atomic E-state index is 13.9. The zero-order valence-corrected chi connectivity index (χ0v) is 19.5. The molecule has 1 unspecified atom stereocenters. The number of hydrogen-bond acceptors (Lipinski definition) is 2. The van der Waals surface area contributed by atoms with Gasteiger partial charge in [-0.2, -0.15) is 0 Å². The van der Waals surface area contributed by atoms with Crippen molar-refractivity contribution in [3.05, 3.63) is 35.9 Å². The van der Waals surface area contributed by atoms with Crippen molar-refractivity contribution in [3.8, 4) is 0 Å². The second-order valence-electron chi connectivity index (χ2n) is 13.0. The van der Waals surface area contributed by atoms with Gasteiger partial charge in [-0.1, -0.05) is 30.3 Å². The van der Waals surface area contributed by atoms with Crippen LogP contribution in [0.3, 0.4) is 0 Å². The van der Waals surface area contributed by atoms with Crippen molar-refractivity contribution in [2.24, 2.45) is 46.8 Å². The van der Waals surface area contributed by atoms with Crippen molar-refractivity contribution in [2.45, 2.75) is 89.3 Å². The smallest absolute Gasteiger partial charge is 0.237 e. The molecule has 8 saturated carbocycles. The Labute approximate surface area is 193 Å². The molecule has 9 rings (SSSR count). The third-order valence-corrected chi connectivity index (χ3v) is 10.9. The minimum Gasteiger partial charge on any atom is -0.351 e. The van der Waals surface area contributed by atoms with Gasteiger partial charge in [-0.3, -0.25) is 4.79 Å². The predicted molar refractivity (Wildman–Crippen MR) is 127 cm³/mol. The summed E-state index contributed by atoms with van der Waals surface area (Å²) < 4.78 is 0. The lowest BCUT2D eigenvalue weighted by Crippen LogP contribution is -2.66. The number of benzene rings is 1. The number of hydrogen-bond donors (Lipinski definition) is 2. The van der Waals surface area contributed by atoms with Gasteiger partial charge >= 0.3 is 0 Å². The molecule has 3 heteroatoms. The number of amides is 1. The number of nitrogens with one attached hydrogen (secondary N) is 2. The molecule has 1 aromatic carbocycles. The van der Waals surface area contributed by atoms with E-state index in [9.17, 15) is 4.79 Å². The summed E-state index contributed by atoms with van der Waals surface area (Å²) in [5.74, 6) is 6.56. The predicted octanol–water partition coefficient (Wildman–Crippen LogP) is 5.30. The van der Waals surface area contributed by atoms with Gasteiger partial charge in [-0.15, -0.1) is 0 Å². The van der Waals surface area contributed by atoms with Crippen LogP contribution in [0.15, 0.2) is 30.3 Å². The summed E-state index contributed by atoms with van der Waals surface area (Å²) in [6.07, 6.45) is 15.4. The molecule has 0 saturated heterocycles. The SMILES string of the molecule is O=C(NCc1ccccc1)C(NC1C2CC3CC(C2)CC1C3)C12CC3CC(CC(C3)C1)C2. The molecule has 8 aliphatic rings. The van der Waals surface area contributed by atoms with Crippen LogP contribution in [0.25, 0.3) is 0 Å². The Morgan fingerprint density at radius 2 is 1.31 bits per heavy atom. The first-order valence-electron chi connectivity index (χ1n) is 13.7. The highest BCUT2D eigenvalue weighted by Crippen LogP contribution is 2.62. The van der Waals surface area contributed by atoms with E-state index in [1.54, 1.807) is 0 Å². The lowest BCUT2D eigenvalue weighted by Gasteiger charge is -2.61. The van der Waals surface area contributed by atoms with Gasteiger partial charge in [0.25, 0.3) is 0 Å². The summed E-state index contributed by atoms with van der Waals surface area (Å²) in [5, 5.41) is 7.58. The molecule has 3 nitrogen and oxygen atoms in total. The van der Waals surface area contributed by atoms with E-state index in [4.69, 9.17) is 0 Å². The average Bonchev–Trinajstić information content (AvgIpc) is 2.76. The molecule has 1 amide bonds. The number of carbonyl (C=O) groups excluding carboxylic acids is 1. The van der Waals surface area contributed by atoms with Gasteiger partial charge in [-0.05, 0) is 123 Å². The number of carbonyl (C=O) groups is 1. The van der Waals surface area contributed by atoms with Gasteiger partial charge in [0.2, 0.25) is 5.91 Å². The maximum Gasteiger partial charge on any atom is 0.237 e. The van der Waals surface area contributed by atoms with E-state index in [2.05, 4.69) is 41.0 Å².